The van der Waals surface area contributed by atoms with Crippen molar-refractivity contribution in [1.29, 1.82) is 0 Å². The maximum absolute atomic E-state index is 13.0. The highest BCUT2D eigenvalue weighted by molar-refractivity contribution is 7.92. The van der Waals surface area contributed by atoms with Crippen molar-refractivity contribution >= 4 is 15.4 Å². The van der Waals surface area contributed by atoms with Crippen LogP contribution in [-0.4, -0.2) is 44.8 Å². The van der Waals surface area contributed by atoms with Crippen LogP contribution in [0.25, 0.3) is 5.57 Å². The smallest absolute Gasteiger partial charge is 0.183 e. The largest absolute Gasteiger partial charge is 0.497 e. The summed E-state index contributed by atoms with van der Waals surface area (Å²) in [4.78, 5) is 2.83. The van der Waals surface area contributed by atoms with E-state index in [-0.39, 0.29) is 0 Å². The van der Waals surface area contributed by atoms with Crippen LogP contribution in [0.15, 0.2) is 65.6 Å². The Labute approximate surface area is 175 Å². The molecule has 0 atom stereocenters. The van der Waals surface area contributed by atoms with Gasteiger partial charge in [-0.3, -0.25) is 4.90 Å². The van der Waals surface area contributed by atoms with Crippen molar-refractivity contribution in [2.75, 3.05) is 26.7 Å². The van der Waals surface area contributed by atoms with Gasteiger partial charge in [-0.2, -0.15) is 0 Å². The van der Waals surface area contributed by atoms with Gasteiger partial charge in [0.1, 0.15) is 5.75 Å². The molecule has 0 aliphatic carbocycles. The van der Waals surface area contributed by atoms with Crippen LogP contribution in [0.2, 0.25) is 0 Å². The lowest BCUT2D eigenvalue weighted by Crippen LogP contribution is -2.35. The maximum Gasteiger partial charge on any atom is 0.183 e. The summed E-state index contributed by atoms with van der Waals surface area (Å²) in [6.07, 6.45) is 4.80. The summed E-state index contributed by atoms with van der Waals surface area (Å²) in [6.45, 7) is 6.48. The maximum atomic E-state index is 13.0. The van der Waals surface area contributed by atoms with Crippen molar-refractivity contribution in [2.45, 2.75) is 42.8 Å². The highest BCUT2D eigenvalue weighted by Crippen LogP contribution is 2.30. The van der Waals surface area contributed by atoms with Gasteiger partial charge in [-0.15, -0.1) is 0 Å². The fourth-order valence-corrected chi connectivity index (χ4v) is 5.38. The highest BCUT2D eigenvalue weighted by Gasteiger charge is 2.35. The molecule has 29 heavy (non-hydrogen) atoms. The van der Waals surface area contributed by atoms with Gasteiger partial charge in [0.2, 0.25) is 0 Å². The predicted octanol–water partition coefficient (Wildman–Crippen LogP) is 4.82. The van der Waals surface area contributed by atoms with Gasteiger partial charge < -0.3 is 4.74 Å². The minimum absolute atomic E-state index is 0.409. The number of nitrogens with zero attached hydrogens (tertiary/aromatic N) is 1. The van der Waals surface area contributed by atoms with Crippen LogP contribution < -0.4 is 4.74 Å². The first-order chi connectivity index (χ1) is 13.8. The molecule has 0 saturated heterocycles. The molecule has 0 fully saturated rings. The van der Waals surface area contributed by atoms with Crippen molar-refractivity contribution in [1.82, 2.24) is 4.90 Å². The number of benzene rings is 2. The Kier molecular flexibility index (Phi) is 6.81. The SMILES string of the molecule is COc1cccc(C2=CCCN(CCCC(C)(C)S(=O)(=O)c3ccccc3)C2)c1. The Morgan fingerprint density at radius 1 is 1.07 bits per heavy atom. The first-order valence-electron chi connectivity index (χ1n) is 10.2. The molecule has 3 rings (SSSR count). The first-order valence-corrected chi connectivity index (χ1v) is 11.7. The van der Waals surface area contributed by atoms with Gasteiger partial charge in [-0.05, 0) is 75.1 Å². The molecular formula is C24H31NO3S. The second kappa shape index (κ2) is 9.14. The summed E-state index contributed by atoms with van der Waals surface area (Å²) in [7, 11) is -1.66. The lowest BCUT2D eigenvalue weighted by atomic mass is 10.00. The van der Waals surface area contributed by atoms with Gasteiger partial charge in [-0.1, -0.05) is 36.4 Å². The molecule has 2 aromatic carbocycles. The Morgan fingerprint density at radius 2 is 1.83 bits per heavy atom. The molecule has 1 aliphatic heterocycles. The number of hydrogen-bond donors (Lipinski definition) is 0. The number of sulfone groups is 1. The summed E-state index contributed by atoms with van der Waals surface area (Å²) in [6, 6.07) is 16.9. The van der Waals surface area contributed by atoms with Crippen LogP contribution in [0.4, 0.5) is 0 Å². The van der Waals surface area contributed by atoms with Crippen LogP contribution in [-0.2, 0) is 9.84 Å². The van der Waals surface area contributed by atoms with Crippen LogP contribution >= 0.6 is 0 Å². The first kappa shape index (κ1) is 21.6. The summed E-state index contributed by atoms with van der Waals surface area (Å²) in [5, 5.41) is 0. The lowest BCUT2D eigenvalue weighted by Gasteiger charge is -2.30. The van der Waals surface area contributed by atoms with E-state index in [4.69, 9.17) is 4.74 Å². The van der Waals surface area contributed by atoms with Crippen molar-refractivity contribution in [3.63, 3.8) is 0 Å². The van der Waals surface area contributed by atoms with E-state index < -0.39 is 14.6 Å². The van der Waals surface area contributed by atoms with E-state index in [1.165, 1.54) is 11.1 Å². The van der Waals surface area contributed by atoms with Crippen molar-refractivity contribution in [3.8, 4) is 5.75 Å². The second-order valence-corrected chi connectivity index (χ2v) is 10.8. The monoisotopic (exact) mass is 413 g/mol. The third-order valence-electron chi connectivity index (χ3n) is 5.70. The molecule has 0 spiro atoms. The topological polar surface area (TPSA) is 46.6 Å². The zero-order chi connectivity index (χ0) is 20.9. The van der Waals surface area contributed by atoms with E-state index >= 15 is 0 Å². The molecule has 1 heterocycles. The minimum atomic E-state index is -3.35. The van der Waals surface area contributed by atoms with Gasteiger partial charge in [0.05, 0.1) is 16.8 Å². The standard InChI is InChI=1S/C24H31NO3S/c1-24(2,29(26,27)23-13-5-4-6-14-23)15-9-17-25-16-8-11-21(19-25)20-10-7-12-22(18-20)28-3/h4-7,10-14,18H,8-9,15-17,19H2,1-3H3. The summed E-state index contributed by atoms with van der Waals surface area (Å²) in [5.41, 5.74) is 2.51. The molecule has 0 amide bonds. The molecule has 156 valence electrons. The number of rotatable bonds is 8. The molecule has 0 N–H and O–H groups in total. The number of methoxy groups -OCH3 is 1. The molecule has 0 saturated carbocycles. The van der Waals surface area contributed by atoms with E-state index in [0.29, 0.717) is 11.3 Å². The summed E-state index contributed by atoms with van der Waals surface area (Å²) >= 11 is 0. The van der Waals surface area contributed by atoms with Gasteiger partial charge >= 0.3 is 0 Å². The molecule has 0 radical (unpaired) electrons. The number of hydrogen-bond acceptors (Lipinski definition) is 4. The summed E-state index contributed by atoms with van der Waals surface area (Å²) < 4.78 is 30.6. The fraction of sp³-hybridized carbons (Fsp3) is 0.417. The van der Waals surface area contributed by atoms with Gasteiger partial charge in [0.15, 0.2) is 9.84 Å². The normalized spacial score (nSPS) is 15.8. The van der Waals surface area contributed by atoms with E-state index in [9.17, 15) is 8.42 Å². The Hall–Kier alpha value is -2.11. The fourth-order valence-electron chi connectivity index (χ4n) is 3.81. The lowest BCUT2D eigenvalue weighted by molar-refractivity contribution is 0.292. The van der Waals surface area contributed by atoms with E-state index in [0.717, 1.165) is 38.2 Å². The predicted molar refractivity (Wildman–Crippen MR) is 119 cm³/mol. The van der Waals surface area contributed by atoms with Crippen molar-refractivity contribution < 1.29 is 13.2 Å². The Balaban J connectivity index is 1.58. The molecule has 2 aromatic rings. The zero-order valence-corrected chi connectivity index (χ0v) is 18.4. The quantitative estimate of drug-likeness (QED) is 0.623. The van der Waals surface area contributed by atoms with Crippen molar-refractivity contribution in [2.24, 2.45) is 0 Å². The van der Waals surface area contributed by atoms with Crippen LogP contribution in [0.3, 0.4) is 0 Å². The minimum Gasteiger partial charge on any atom is -0.497 e. The Bertz CT molecular complexity index is 949. The third-order valence-corrected chi connectivity index (χ3v) is 8.26. The second-order valence-electron chi connectivity index (χ2n) is 8.21. The van der Waals surface area contributed by atoms with Gasteiger partial charge in [0, 0.05) is 13.1 Å². The van der Waals surface area contributed by atoms with Crippen LogP contribution in [0, 0.1) is 0 Å². The molecule has 0 aromatic heterocycles. The third kappa shape index (κ3) is 5.09. The average Bonchev–Trinajstić information content (AvgIpc) is 2.74. The molecular weight excluding hydrogens is 382 g/mol. The van der Waals surface area contributed by atoms with Gasteiger partial charge in [0.25, 0.3) is 0 Å². The molecule has 0 bridgehead atoms. The van der Waals surface area contributed by atoms with E-state index in [2.05, 4.69) is 23.1 Å². The van der Waals surface area contributed by atoms with Crippen molar-refractivity contribution in [3.05, 3.63) is 66.2 Å². The Morgan fingerprint density at radius 3 is 2.55 bits per heavy atom. The zero-order valence-electron chi connectivity index (χ0n) is 17.6. The molecule has 5 heteroatoms. The molecule has 1 aliphatic rings. The van der Waals surface area contributed by atoms with E-state index in [1.54, 1.807) is 31.4 Å². The highest BCUT2D eigenvalue weighted by atomic mass is 32.2. The van der Waals surface area contributed by atoms with Gasteiger partial charge in [-0.25, -0.2) is 8.42 Å². The average molecular weight is 414 g/mol. The van der Waals surface area contributed by atoms with E-state index in [1.807, 2.05) is 32.0 Å². The summed E-state index contributed by atoms with van der Waals surface area (Å²) in [5.74, 6) is 0.869. The van der Waals surface area contributed by atoms with Crippen LogP contribution in [0.1, 0.15) is 38.7 Å². The molecule has 0 unspecified atom stereocenters. The number of ether oxygens (including phenoxy) is 1. The molecule has 4 nitrogen and oxygen atoms in total. The van der Waals surface area contributed by atoms with Crippen LogP contribution in [0.5, 0.6) is 5.75 Å².